The number of piperidine rings is 1. The number of aliphatic hydroxyl groups excluding tert-OH is 1. The average molecular weight is 364 g/mol. The van der Waals surface area contributed by atoms with Gasteiger partial charge in [-0.05, 0) is 42.9 Å². The summed E-state index contributed by atoms with van der Waals surface area (Å²) in [6.07, 6.45) is 4.83. The van der Waals surface area contributed by atoms with Gasteiger partial charge in [-0.2, -0.15) is 0 Å². The Kier molecular flexibility index (Phi) is 6.12. The molecule has 0 aliphatic carbocycles. The smallest absolute Gasteiger partial charge is 0.223 e. The number of aliphatic hydroxyl groups is 1. The molecular weight excluding hydrogens is 334 g/mol. The summed E-state index contributed by atoms with van der Waals surface area (Å²) in [7, 11) is 0. The summed E-state index contributed by atoms with van der Waals surface area (Å²) in [4.78, 5) is 15.1. The standard InChI is InChI=1S/C24H29NO2/c1-3-20-10-12-21(13-11-20)19(2)25-16-15-24(14-7-17-26,18-23(25)27)22-8-5-4-6-9-22/h3-6,8-13,19,26H,1,7,14-18H2,2H3/t19-,24-/m0/s1. The Bertz CT molecular complexity index is 769. The zero-order chi connectivity index (χ0) is 19.3. The van der Waals surface area contributed by atoms with E-state index in [9.17, 15) is 9.90 Å². The molecule has 3 nitrogen and oxygen atoms in total. The molecule has 1 aliphatic rings. The van der Waals surface area contributed by atoms with Crippen molar-refractivity contribution in [3.63, 3.8) is 0 Å². The van der Waals surface area contributed by atoms with Crippen molar-refractivity contribution in [3.8, 4) is 0 Å². The van der Waals surface area contributed by atoms with Gasteiger partial charge in [-0.3, -0.25) is 4.79 Å². The van der Waals surface area contributed by atoms with Crippen LogP contribution in [0.25, 0.3) is 6.08 Å². The largest absolute Gasteiger partial charge is 0.396 e. The van der Waals surface area contributed by atoms with Crippen LogP contribution >= 0.6 is 0 Å². The number of likely N-dealkylation sites (tertiary alicyclic amines) is 1. The molecule has 0 radical (unpaired) electrons. The van der Waals surface area contributed by atoms with Gasteiger partial charge >= 0.3 is 0 Å². The molecule has 1 heterocycles. The van der Waals surface area contributed by atoms with Gasteiger partial charge in [-0.15, -0.1) is 0 Å². The number of hydrogen-bond donors (Lipinski definition) is 1. The minimum Gasteiger partial charge on any atom is -0.396 e. The molecule has 142 valence electrons. The molecule has 2 aromatic rings. The molecule has 1 saturated heterocycles. The Hall–Kier alpha value is -2.39. The van der Waals surface area contributed by atoms with Gasteiger partial charge in [0.1, 0.15) is 0 Å². The first-order valence-electron chi connectivity index (χ1n) is 9.78. The molecule has 1 N–H and O–H groups in total. The normalized spacial score (nSPS) is 21.1. The molecule has 0 aromatic heterocycles. The van der Waals surface area contributed by atoms with Crippen molar-refractivity contribution in [3.05, 3.63) is 77.9 Å². The minimum atomic E-state index is -0.163. The Balaban J connectivity index is 1.79. The summed E-state index contributed by atoms with van der Waals surface area (Å²) >= 11 is 0. The van der Waals surface area contributed by atoms with E-state index in [1.54, 1.807) is 0 Å². The zero-order valence-electron chi connectivity index (χ0n) is 16.1. The predicted octanol–water partition coefficient (Wildman–Crippen LogP) is 4.72. The number of hydrogen-bond acceptors (Lipinski definition) is 2. The highest BCUT2D eigenvalue weighted by atomic mass is 16.3. The molecule has 0 unspecified atom stereocenters. The molecule has 0 saturated carbocycles. The van der Waals surface area contributed by atoms with Crippen molar-refractivity contribution in [1.82, 2.24) is 4.90 Å². The van der Waals surface area contributed by atoms with Gasteiger partial charge < -0.3 is 10.0 Å². The van der Waals surface area contributed by atoms with E-state index in [1.807, 2.05) is 41.3 Å². The molecule has 0 bridgehead atoms. The van der Waals surface area contributed by atoms with E-state index < -0.39 is 0 Å². The third-order valence-electron chi connectivity index (χ3n) is 5.96. The summed E-state index contributed by atoms with van der Waals surface area (Å²) in [5.74, 6) is 0.198. The van der Waals surface area contributed by atoms with Crippen LogP contribution in [0.1, 0.15) is 55.3 Å². The van der Waals surface area contributed by atoms with Gasteiger partial charge in [0.15, 0.2) is 0 Å². The summed E-state index contributed by atoms with van der Waals surface area (Å²) in [6, 6.07) is 18.6. The number of nitrogens with zero attached hydrogens (tertiary/aromatic N) is 1. The van der Waals surface area contributed by atoms with Crippen LogP contribution in [0.4, 0.5) is 0 Å². The first-order valence-corrected chi connectivity index (χ1v) is 9.78. The van der Waals surface area contributed by atoms with Crippen molar-refractivity contribution in [1.29, 1.82) is 0 Å². The zero-order valence-corrected chi connectivity index (χ0v) is 16.1. The second kappa shape index (κ2) is 8.53. The van der Waals surface area contributed by atoms with Crippen molar-refractivity contribution >= 4 is 12.0 Å². The summed E-state index contributed by atoms with van der Waals surface area (Å²) in [5, 5.41) is 9.35. The second-order valence-corrected chi connectivity index (χ2v) is 7.53. The molecule has 2 aromatic carbocycles. The fourth-order valence-electron chi connectivity index (χ4n) is 4.25. The number of amides is 1. The predicted molar refractivity (Wildman–Crippen MR) is 110 cm³/mol. The number of carbonyl (C=O) groups is 1. The van der Waals surface area contributed by atoms with Crippen LogP contribution in [0.3, 0.4) is 0 Å². The second-order valence-electron chi connectivity index (χ2n) is 7.53. The molecule has 27 heavy (non-hydrogen) atoms. The summed E-state index contributed by atoms with van der Waals surface area (Å²) < 4.78 is 0. The van der Waals surface area contributed by atoms with Gasteiger partial charge in [0.2, 0.25) is 5.91 Å². The highest BCUT2D eigenvalue weighted by molar-refractivity contribution is 5.79. The molecule has 1 aliphatic heterocycles. The first-order chi connectivity index (χ1) is 13.1. The van der Waals surface area contributed by atoms with Gasteiger partial charge in [0.25, 0.3) is 0 Å². The Labute approximate surface area is 162 Å². The SMILES string of the molecule is C=Cc1ccc([C@H](C)N2CC[C@](CCCO)(c3ccccc3)CC2=O)cc1. The Morgan fingerprint density at radius 2 is 1.89 bits per heavy atom. The topological polar surface area (TPSA) is 40.5 Å². The third-order valence-corrected chi connectivity index (χ3v) is 5.96. The van der Waals surface area contributed by atoms with Crippen LogP contribution < -0.4 is 0 Å². The molecule has 1 fully saturated rings. The lowest BCUT2D eigenvalue weighted by atomic mass is 9.69. The molecule has 3 rings (SSSR count). The van der Waals surface area contributed by atoms with E-state index in [0.717, 1.165) is 36.9 Å². The number of carbonyl (C=O) groups excluding carboxylic acids is 1. The Morgan fingerprint density at radius 1 is 1.19 bits per heavy atom. The van der Waals surface area contributed by atoms with E-state index in [-0.39, 0.29) is 24.0 Å². The number of benzene rings is 2. The van der Waals surface area contributed by atoms with Crippen LogP contribution in [-0.2, 0) is 10.2 Å². The maximum atomic E-state index is 13.1. The van der Waals surface area contributed by atoms with E-state index in [0.29, 0.717) is 6.42 Å². The quantitative estimate of drug-likeness (QED) is 0.773. The van der Waals surface area contributed by atoms with Crippen molar-refractivity contribution in [2.24, 2.45) is 0 Å². The van der Waals surface area contributed by atoms with Crippen LogP contribution in [0, 0.1) is 0 Å². The highest BCUT2D eigenvalue weighted by Gasteiger charge is 2.41. The monoisotopic (exact) mass is 363 g/mol. The fourth-order valence-corrected chi connectivity index (χ4v) is 4.25. The number of rotatable bonds is 7. The minimum absolute atomic E-state index is 0.0583. The third kappa shape index (κ3) is 4.14. The fraction of sp³-hybridized carbons (Fsp3) is 0.375. The first kappa shape index (κ1) is 19.4. The van der Waals surface area contributed by atoms with Crippen LogP contribution in [-0.4, -0.2) is 29.1 Å². The van der Waals surface area contributed by atoms with Gasteiger partial charge in [0, 0.05) is 25.0 Å². The van der Waals surface area contributed by atoms with Crippen molar-refractivity contribution in [2.75, 3.05) is 13.2 Å². The lowest BCUT2D eigenvalue weighted by Crippen LogP contribution is -2.47. The maximum Gasteiger partial charge on any atom is 0.223 e. The van der Waals surface area contributed by atoms with Gasteiger partial charge in [-0.1, -0.05) is 67.3 Å². The lowest BCUT2D eigenvalue weighted by Gasteiger charge is -2.44. The van der Waals surface area contributed by atoms with E-state index in [2.05, 4.69) is 37.8 Å². The molecule has 1 amide bonds. The molecule has 0 spiro atoms. The lowest BCUT2D eigenvalue weighted by molar-refractivity contribution is -0.138. The average Bonchev–Trinajstić information content (AvgIpc) is 2.72. The molecular formula is C24H29NO2. The van der Waals surface area contributed by atoms with Crippen molar-refractivity contribution in [2.45, 2.75) is 44.1 Å². The van der Waals surface area contributed by atoms with Crippen LogP contribution in [0.15, 0.2) is 61.2 Å². The molecule has 3 heteroatoms. The van der Waals surface area contributed by atoms with Gasteiger partial charge in [-0.25, -0.2) is 0 Å². The van der Waals surface area contributed by atoms with E-state index in [4.69, 9.17) is 0 Å². The van der Waals surface area contributed by atoms with Crippen LogP contribution in [0.5, 0.6) is 0 Å². The molecule has 2 atom stereocenters. The summed E-state index contributed by atoms with van der Waals surface area (Å²) in [5.41, 5.74) is 3.29. The van der Waals surface area contributed by atoms with Gasteiger partial charge in [0.05, 0.1) is 6.04 Å². The van der Waals surface area contributed by atoms with Crippen LogP contribution in [0.2, 0.25) is 0 Å². The van der Waals surface area contributed by atoms with E-state index in [1.165, 1.54) is 5.56 Å². The highest BCUT2D eigenvalue weighted by Crippen LogP contribution is 2.41. The van der Waals surface area contributed by atoms with E-state index >= 15 is 0 Å². The summed E-state index contributed by atoms with van der Waals surface area (Å²) in [6.45, 7) is 6.80. The Morgan fingerprint density at radius 3 is 2.48 bits per heavy atom. The maximum absolute atomic E-state index is 13.1. The van der Waals surface area contributed by atoms with Crippen molar-refractivity contribution < 1.29 is 9.90 Å².